The molecule has 6 nitrogen and oxygen atoms in total. The van der Waals surface area contributed by atoms with Crippen molar-refractivity contribution in [3.8, 4) is 0 Å². The van der Waals surface area contributed by atoms with Crippen LogP contribution in [0.1, 0.15) is 20.3 Å². The number of hydrogen-bond acceptors (Lipinski definition) is 4. The molecule has 16 heavy (non-hydrogen) atoms. The van der Waals surface area contributed by atoms with Crippen LogP contribution in [0.3, 0.4) is 0 Å². The highest BCUT2D eigenvalue weighted by Gasteiger charge is 2.32. The van der Waals surface area contributed by atoms with Gasteiger partial charge in [-0.2, -0.15) is 0 Å². The second-order valence-corrected chi connectivity index (χ2v) is 4.32. The quantitative estimate of drug-likeness (QED) is 0.265. The van der Waals surface area contributed by atoms with Crippen molar-refractivity contribution in [2.24, 2.45) is 22.7 Å². The second-order valence-electron chi connectivity index (χ2n) is 4.32. The summed E-state index contributed by atoms with van der Waals surface area (Å²) in [5, 5.41) is 20.7. The van der Waals surface area contributed by atoms with Crippen LogP contribution in [0.2, 0.25) is 0 Å². The molecule has 0 aliphatic carbocycles. The van der Waals surface area contributed by atoms with E-state index >= 15 is 0 Å². The first kappa shape index (κ1) is 12.8. The van der Waals surface area contributed by atoms with Crippen LogP contribution in [0.4, 0.5) is 0 Å². The Morgan fingerprint density at radius 2 is 2.19 bits per heavy atom. The molecule has 4 N–H and O–H groups in total. The molecule has 1 aliphatic heterocycles. The Hall–Kier alpha value is -1.30. The lowest BCUT2D eigenvalue weighted by Gasteiger charge is -2.20. The van der Waals surface area contributed by atoms with E-state index in [0.29, 0.717) is 13.1 Å². The van der Waals surface area contributed by atoms with E-state index in [1.54, 1.807) is 18.7 Å². The van der Waals surface area contributed by atoms with Gasteiger partial charge in [-0.3, -0.25) is 4.79 Å². The minimum atomic E-state index is -0.613. The second kappa shape index (κ2) is 5.16. The predicted molar refractivity (Wildman–Crippen MR) is 58.9 cm³/mol. The number of oxime groups is 1. The highest BCUT2D eigenvalue weighted by atomic mass is 16.4. The fraction of sp³-hybridized carbons (Fsp3) is 0.800. The summed E-state index contributed by atoms with van der Waals surface area (Å²) in [6, 6.07) is 0. The van der Waals surface area contributed by atoms with Crippen LogP contribution in [0.5, 0.6) is 0 Å². The summed E-state index contributed by atoms with van der Waals surface area (Å²) < 4.78 is 0. The Morgan fingerprint density at radius 3 is 2.62 bits per heavy atom. The van der Waals surface area contributed by atoms with Crippen molar-refractivity contribution in [3.05, 3.63) is 0 Å². The van der Waals surface area contributed by atoms with E-state index in [2.05, 4.69) is 5.16 Å². The lowest BCUT2D eigenvalue weighted by molar-refractivity contribution is -0.132. The molecule has 6 heteroatoms. The van der Waals surface area contributed by atoms with Gasteiger partial charge >= 0.3 is 0 Å². The summed E-state index contributed by atoms with van der Waals surface area (Å²) in [6.07, 6.45) is 0.392. The SMILES string of the molecule is CC(C(=O)N1CCC(C(C)O)C1)C(N)=NO. The third-order valence-electron chi connectivity index (χ3n) is 3.15. The maximum Gasteiger partial charge on any atom is 0.233 e. The molecule has 0 bridgehead atoms. The first-order valence-electron chi connectivity index (χ1n) is 5.41. The average molecular weight is 229 g/mol. The van der Waals surface area contributed by atoms with Crippen LogP contribution in [0, 0.1) is 11.8 Å². The fourth-order valence-electron chi connectivity index (χ4n) is 1.87. The molecule has 0 aromatic carbocycles. The number of amidine groups is 1. The number of nitrogens with two attached hydrogens (primary N) is 1. The maximum absolute atomic E-state index is 11.9. The predicted octanol–water partition coefficient (Wildman–Crippen LogP) is -0.402. The molecule has 0 spiro atoms. The molecule has 3 atom stereocenters. The molecule has 92 valence electrons. The molecular formula is C10H19N3O3. The van der Waals surface area contributed by atoms with Gasteiger partial charge in [-0.05, 0) is 20.3 Å². The topological polar surface area (TPSA) is 99.2 Å². The minimum Gasteiger partial charge on any atom is -0.409 e. The summed E-state index contributed by atoms with van der Waals surface area (Å²) in [4.78, 5) is 13.5. The molecule has 1 amide bonds. The van der Waals surface area contributed by atoms with Crippen LogP contribution >= 0.6 is 0 Å². The van der Waals surface area contributed by atoms with Crippen molar-refractivity contribution >= 4 is 11.7 Å². The molecule has 3 unspecified atom stereocenters. The van der Waals surface area contributed by atoms with Gasteiger partial charge in [0, 0.05) is 19.0 Å². The average Bonchev–Trinajstić information content (AvgIpc) is 2.75. The van der Waals surface area contributed by atoms with Gasteiger partial charge in [-0.25, -0.2) is 0 Å². The van der Waals surface area contributed by atoms with Crippen molar-refractivity contribution in [3.63, 3.8) is 0 Å². The van der Waals surface area contributed by atoms with Gasteiger partial charge in [0.1, 0.15) is 0 Å². The largest absolute Gasteiger partial charge is 0.409 e. The third kappa shape index (κ3) is 2.63. The zero-order valence-corrected chi connectivity index (χ0v) is 9.63. The number of rotatable bonds is 3. The molecule has 0 radical (unpaired) electrons. The van der Waals surface area contributed by atoms with Crippen LogP contribution < -0.4 is 5.73 Å². The van der Waals surface area contributed by atoms with Gasteiger partial charge in [0.25, 0.3) is 0 Å². The van der Waals surface area contributed by atoms with Crippen molar-refractivity contribution in [1.29, 1.82) is 0 Å². The van der Waals surface area contributed by atoms with E-state index in [1.807, 2.05) is 0 Å². The van der Waals surface area contributed by atoms with Crippen molar-refractivity contribution in [1.82, 2.24) is 4.90 Å². The van der Waals surface area contributed by atoms with Crippen LogP contribution in [-0.4, -0.2) is 46.1 Å². The summed E-state index contributed by atoms with van der Waals surface area (Å²) in [6.45, 7) is 4.50. The van der Waals surface area contributed by atoms with E-state index in [-0.39, 0.29) is 17.7 Å². The first-order valence-corrected chi connectivity index (χ1v) is 5.41. The summed E-state index contributed by atoms with van der Waals surface area (Å²) in [5.74, 6) is -0.717. The highest BCUT2D eigenvalue weighted by Crippen LogP contribution is 2.21. The van der Waals surface area contributed by atoms with E-state index in [4.69, 9.17) is 10.9 Å². The van der Waals surface area contributed by atoms with E-state index in [0.717, 1.165) is 6.42 Å². The van der Waals surface area contributed by atoms with Crippen molar-refractivity contribution < 1.29 is 15.1 Å². The molecule has 1 heterocycles. The number of aliphatic hydroxyl groups is 1. The first-order chi connectivity index (χ1) is 7.47. The highest BCUT2D eigenvalue weighted by molar-refractivity contribution is 6.01. The molecule has 0 aromatic heterocycles. The molecule has 1 rings (SSSR count). The van der Waals surface area contributed by atoms with Crippen molar-refractivity contribution in [2.45, 2.75) is 26.4 Å². The standard InChI is InChI=1S/C10H19N3O3/c1-6(9(11)12-16)10(15)13-4-3-8(5-13)7(2)14/h6-8,14,16H,3-5H2,1-2H3,(H2,11,12). The summed E-state index contributed by atoms with van der Waals surface area (Å²) in [7, 11) is 0. The molecular weight excluding hydrogens is 210 g/mol. The van der Waals surface area contributed by atoms with E-state index in [1.165, 1.54) is 0 Å². The smallest absolute Gasteiger partial charge is 0.233 e. The zero-order valence-electron chi connectivity index (χ0n) is 9.63. The number of aliphatic hydroxyl groups excluding tert-OH is 1. The lowest BCUT2D eigenvalue weighted by atomic mass is 10.0. The van der Waals surface area contributed by atoms with Crippen LogP contribution in [0.25, 0.3) is 0 Å². The number of amides is 1. The van der Waals surface area contributed by atoms with Crippen LogP contribution in [0.15, 0.2) is 5.16 Å². The minimum absolute atomic E-state index is 0.0782. The summed E-state index contributed by atoms with van der Waals surface area (Å²) >= 11 is 0. The third-order valence-corrected chi connectivity index (χ3v) is 3.15. The van der Waals surface area contributed by atoms with Gasteiger partial charge < -0.3 is 20.9 Å². The Balaban J connectivity index is 2.57. The van der Waals surface area contributed by atoms with Gasteiger partial charge in [-0.15, -0.1) is 0 Å². The molecule has 0 saturated carbocycles. The number of hydrogen-bond donors (Lipinski definition) is 3. The summed E-state index contributed by atoms with van der Waals surface area (Å²) in [5.41, 5.74) is 5.38. The molecule has 0 aromatic rings. The number of carbonyl (C=O) groups is 1. The number of nitrogens with zero attached hydrogens (tertiary/aromatic N) is 2. The normalized spacial score (nSPS) is 25.6. The van der Waals surface area contributed by atoms with Gasteiger partial charge in [0.15, 0.2) is 5.84 Å². The Morgan fingerprint density at radius 1 is 1.56 bits per heavy atom. The fourth-order valence-corrected chi connectivity index (χ4v) is 1.87. The maximum atomic E-state index is 11.9. The van der Waals surface area contributed by atoms with E-state index in [9.17, 15) is 9.90 Å². The van der Waals surface area contributed by atoms with E-state index < -0.39 is 12.0 Å². The Bertz CT molecular complexity index is 291. The number of carbonyl (C=O) groups excluding carboxylic acids is 1. The van der Waals surface area contributed by atoms with Crippen LogP contribution in [-0.2, 0) is 4.79 Å². The Kier molecular flexibility index (Phi) is 4.12. The van der Waals surface area contributed by atoms with Gasteiger partial charge in [-0.1, -0.05) is 5.16 Å². The number of likely N-dealkylation sites (tertiary alicyclic amines) is 1. The van der Waals surface area contributed by atoms with Crippen molar-refractivity contribution in [2.75, 3.05) is 13.1 Å². The zero-order chi connectivity index (χ0) is 12.3. The molecule has 1 saturated heterocycles. The molecule has 1 aliphatic rings. The Labute approximate surface area is 94.7 Å². The van der Waals surface area contributed by atoms with Gasteiger partial charge in [0.05, 0.1) is 12.0 Å². The molecule has 1 fully saturated rings. The lowest BCUT2D eigenvalue weighted by Crippen LogP contribution is -2.39. The monoisotopic (exact) mass is 229 g/mol. The van der Waals surface area contributed by atoms with Gasteiger partial charge in [0.2, 0.25) is 5.91 Å².